The Balaban J connectivity index is 1.59. The summed E-state index contributed by atoms with van der Waals surface area (Å²) in [6.07, 6.45) is 4.99. The fraction of sp³-hybridized carbons (Fsp3) is 0.316. The number of amides is 2. The van der Waals surface area contributed by atoms with Crippen molar-refractivity contribution in [1.82, 2.24) is 10.2 Å². The number of hydrogen-bond acceptors (Lipinski definition) is 5. The molecule has 0 aliphatic heterocycles. The average molecular weight is 706 g/mol. The van der Waals surface area contributed by atoms with Crippen LogP contribution in [0.1, 0.15) is 50.2 Å². The number of hydrogen-bond donors (Lipinski definition) is 1. The number of carbonyl (C=O) groups excluding carboxylic acids is 2. The van der Waals surface area contributed by atoms with Crippen LogP contribution in [0, 0.1) is 5.82 Å². The molecule has 258 valence electrons. The maximum absolute atomic E-state index is 14.7. The second kappa shape index (κ2) is 16.8. The first-order valence-corrected chi connectivity index (χ1v) is 18.4. The maximum atomic E-state index is 14.7. The smallest absolute Gasteiger partial charge is 0.264 e. The number of carbonyl (C=O) groups is 2. The first-order chi connectivity index (χ1) is 23.7. The van der Waals surface area contributed by atoms with E-state index in [1.165, 1.54) is 41.3 Å². The van der Waals surface area contributed by atoms with Gasteiger partial charge >= 0.3 is 0 Å². The summed E-state index contributed by atoms with van der Waals surface area (Å²) in [4.78, 5) is 30.3. The molecule has 5 rings (SSSR count). The third kappa shape index (κ3) is 9.39. The van der Waals surface area contributed by atoms with Crippen LogP contribution in [0.15, 0.2) is 108 Å². The SMILES string of the molecule is CCOc1ccccc1N(CC(=O)N(Cc1ccc(F)cc1)[C@@H](Cc1ccccc1)C(=O)NC1CCCCC1)S(=O)(=O)c1ccc(Cl)cc1. The monoisotopic (exact) mass is 705 g/mol. The molecule has 1 fully saturated rings. The predicted octanol–water partition coefficient (Wildman–Crippen LogP) is 7.16. The molecule has 8 nitrogen and oxygen atoms in total. The van der Waals surface area contributed by atoms with Crippen LogP contribution in [0.2, 0.25) is 5.02 Å². The molecule has 4 aromatic rings. The van der Waals surface area contributed by atoms with Gasteiger partial charge < -0.3 is 15.0 Å². The van der Waals surface area contributed by atoms with E-state index in [9.17, 15) is 22.4 Å². The van der Waals surface area contributed by atoms with E-state index in [0.717, 1.165) is 42.0 Å². The lowest BCUT2D eigenvalue weighted by Gasteiger charge is -2.35. The molecule has 0 aromatic heterocycles. The molecule has 1 atom stereocenters. The summed E-state index contributed by atoms with van der Waals surface area (Å²) in [5.74, 6) is -1.11. The molecule has 0 heterocycles. The van der Waals surface area contributed by atoms with Gasteiger partial charge in [0.2, 0.25) is 11.8 Å². The molecule has 2 amide bonds. The maximum Gasteiger partial charge on any atom is 0.264 e. The van der Waals surface area contributed by atoms with Gasteiger partial charge in [0.1, 0.15) is 24.2 Å². The van der Waals surface area contributed by atoms with Crippen molar-refractivity contribution in [3.63, 3.8) is 0 Å². The van der Waals surface area contributed by atoms with E-state index in [4.69, 9.17) is 16.3 Å². The van der Waals surface area contributed by atoms with Gasteiger partial charge in [-0.05, 0) is 79.4 Å². The van der Waals surface area contributed by atoms with Crippen LogP contribution in [-0.4, -0.2) is 50.4 Å². The minimum atomic E-state index is -4.35. The highest BCUT2D eigenvalue weighted by Crippen LogP contribution is 2.33. The van der Waals surface area contributed by atoms with Gasteiger partial charge in [0.25, 0.3) is 10.0 Å². The molecule has 0 bridgehead atoms. The summed E-state index contributed by atoms with van der Waals surface area (Å²) in [6, 6.07) is 26.3. The third-order valence-electron chi connectivity index (χ3n) is 8.60. The number of halogens is 2. The van der Waals surface area contributed by atoms with Crippen molar-refractivity contribution in [2.75, 3.05) is 17.5 Å². The van der Waals surface area contributed by atoms with Gasteiger partial charge in [-0.15, -0.1) is 0 Å². The number of anilines is 1. The van der Waals surface area contributed by atoms with Crippen molar-refractivity contribution in [2.45, 2.75) is 69.0 Å². The van der Waals surface area contributed by atoms with E-state index in [2.05, 4.69) is 5.32 Å². The zero-order valence-electron chi connectivity index (χ0n) is 27.4. The summed E-state index contributed by atoms with van der Waals surface area (Å²) in [5.41, 5.74) is 1.58. The highest BCUT2D eigenvalue weighted by molar-refractivity contribution is 7.92. The summed E-state index contributed by atoms with van der Waals surface area (Å²) in [7, 11) is -4.35. The Morgan fingerprint density at radius 3 is 2.20 bits per heavy atom. The lowest BCUT2D eigenvalue weighted by molar-refractivity contribution is -0.140. The molecule has 1 N–H and O–H groups in total. The lowest BCUT2D eigenvalue weighted by Crippen LogP contribution is -2.55. The second-order valence-corrected chi connectivity index (χ2v) is 14.4. The van der Waals surface area contributed by atoms with Crippen molar-refractivity contribution in [1.29, 1.82) is 0 Å². The van der Waals surface area contributed by atoms with Gasteiger partial charge in [0.05, 0.1) is 17.2 Å². The average Bonchev–Trinajstić information content (AvgIpc) is 3.11. The number of nitrogens with zero attached hydrogens (tertiary/aromatic N) is 2. The number of nitrogens with one attached hydrogen (secondary N) is 1. The van der Waals surface area contributed by atoms with Gasteiger partial charge in [-0.1, -0.05) is 85.5 Å². The second-order valence-electron chi connectivity index (χ2n) is 12.1. The van der Waals surface area contributed by atoms with Gasteiger partial charge in [-0.25, -0.2) is 12.8 Å². The van der Waals surface area contributed by atoms with Crippen molar-refractivity contribution in [3.05, 3.63) is 125 Å². The van der Waals surface area contributed by atoms with Crippen LogP contribution in [0.4, 0.5) is 10.1 Å². The van der Waals surface area contributed by atoms with E-state index < -0.39 is 34.3 Å². The van der Waals surface area contributed by atoms with Crippen molar-refractivity contribution >= 4 is 39.1 Å². The van der Waals surface area contributed by atoms with E-state index in [-0.39, 0.29) is 47.9 Å². The Morgan fingerprint density at radius 2 is 1.53 bits per heavy atom. The van der Waals surface area contributed by atoms with E-state index in [1.807, 2.05) is 30.3 Å². The molecule has 11 heteroatoms. The first-order valence-electron chi connectivity index (χ1n) is 16.5. The summed E-state index contributed by atoms with van der Waals surface area (Å²) < 4.78 is 49.5. The van der Waals surface area contributed by atoms with Crippen LogP contribution in [0.25, 0.3) is 0 Å². The Labute approximate surface area is 292 Å². The molecule has 0 radical (unpaired) electrons. The van der Waals surface area contributed by atoms with Gasteiger partial charge in [-0.2, -0.15) is 0 Å². The number of ether oxygens (including phenoxy) is 1. The largest absolute Gasteiger partial charge is 0.492 e. The van der Waals surface area contributed by atoms with Crippen LogP contribution in [-0.2, 0) is 32.6 Å². The van der Waals surface area contributed by atoms with Gasteiger partial charge in [0.15, 0.2) is 0 Å². The van der Waals surface area contributed by atoms with E-state index in [1.54, 1.807) is 43.3 Å². The number of sulfonamides is 1. The highest BCUT2D eigenvalue weighted by atomic mass is 35.5. The molecular weight excluding hydrogens is 665 g/mol. The molecule has 49 heavy (non-hydrogen) atoms. The van der Waals surface area contributed by atoms with Gasteiger partial charge in [-0.3, -0.25) is 13.9 Å². The fourth-order valence-electron chi connectivity index (χ4n) is 6.07. The van der Waals surface area contributed by atoms with Crippen molar-refractivity contribution < 1.29 is 27.1 Å². The van der Waals surface area contributed by atoms with E-state index >= 15 is 0 Å². The van der Waals surface area contributed by atoms with Crippen molar-refractivity contribution in [3.8, 4) is 5.75 Å². The highest BCUT2D eigenvalue weighted by Gasteiger charge is 2.36. The van der Waals surface area contributed by atoms with Gasteiger partial charge in [0, 0.05) is 24.0 Å². The third-order valence-corrected chi connectivity index (χ3v) is 10.6. The topological polar surface area (TPSA) is 96.0 Å². The Hall–Kier alpha value is -4.41. The number of para-hydroxylation sites is 2. The molecule has 1 saturated carbocycles. The first kappa shape index (κ1) is 35.9. The van der Waals surface area contributed by atoms with Crippen LogP contribution < -0.4 is 14.4 Å². The standard InChI is InChI=1S/C38H41ClFN3O5S/c1-2-48-36-16-10-9-15-34(36)43(49(46,47)33-23-19-30(39)20-24-33)27-37(44)42(26-29-17-21-31(40)22-18-29)35(25-28-11-5-3-6-12-28)38(45)41-32-13-7-4-8-14-32/h3,5-6,9-12,15-24,32,35H,2,4,7-8,13-14,25-27H2,1H3,(H,41,45)/t35-/m0/s1. The molecule has 1 aliphatic rings. The zero-order chi connectivity index (χ0) is 34.8. The minimum absolute atomic E-state index is 0.0258. The van der Waals surface area contributed by atoms with E-state index in [0.29, 0.717) is 10.6 Å². The minimum Gasteiger partial charge on any atom is -0.492 e. The Morgan fingerprint density at radius 1 is 0.878 bits per heavy atom. The fourth-order valence-corrected chi connectivity index (χ4v) is 7.62. The summed E-state index contributed by atoms with van der Waals surface area (Å²) >= 11 is 6.09. The Kier molecular flexibility index (Phi) is 12.3. The molecule has 0 saturated heterocycles. The molecule has 4 aromatic carbocycles. The van der Waals surface area contributed by atoms with Crippen LogP contribution in [0.3, 0.4) is 0 Å². The summed E-state index contributed by atoms with van der Waals surface area (Å²) in [5, 5.41) is 3.54. The number of rotatable bonds is 14. The predicted molar refractivity (Wildman–Crippen MR) is 189 cm³/mol. The summed E-state index contributed by atoms with van der Waals surface area (Å²) in [6.45, 7) is 1.34. The van der Waals surface area contributed by atoms with Crippen molar-refractivity contribution in [2.24, 2.45) is 0 Å². The quantitative estimate of drug-likeness (QED) is 0.150. The lowest BCUT2D eigenvalue weighted by atomic mass is 9.94. The Bertz CT molecular complexity index is 1800. The normalized spacial score (nSPS) is 14.1. The van der Waals surface area contributed by atoms with Crippen LogP contribution >= 0.6 is 11.6 Å². The zero-order valence-corrected chi connectivity index (χ0v) is 29.0. The molecule has 0 spiro atoms. The van der Waals surface area contributed by atoms with Crippen LogP contribution in [0.5, 0.6) is 5.75 Å². The number of benzene rings is 4. The molecule has 0 unspecified atom stereocenters. The molecule has 1 aliphatic carbocycles. The molecular formula is C38H41ClFN3O5S.